The first kappa shape index (κ1) is 21.5. The molecule has 164 valence electrons. The van der Waals surface area contributed by atoms with Gasteiger partial charge in [-0.05, 0) is 29.7 Å². The van der Waals surface area contributed by atoms with Gasteiger partial charge in [0.15, 0.2) is 0 Å². The van der Waals surface area contributed by atoms with E-state index in [1.807, 2.05) is 60.7 Å². The Morgan fingerprint density at radius 1 is 0.969 bits per heavy atom. The molecule has 0 radical (unpaired) electrons. The van der Waals surface area contributed by atoms with Gasteiger partial charge in [0.1, 0.15) is 11.1 Å². The van der Waals surface area contributed by atoms with E-state index in [1.54, 1.807) is 0 Å². The predicted molar refractivity (Wildman–Crippen MR) is 113 cm³/mol. The van der Waals surface area contributed by atoms with E-state index >= 15 is 0 Å². The summed E-state index contributed by atoms with van der Waals surface area (Å²) in [7, 11) is 0. The molecule has 0 saturated carbocycles. The molecule has 1 aromatic heterocycles. The average molecular weight is 439 g/mol. The van der Waals surface area contributed by atoms with E-state index in [0.29, 0.717) is 13.0 Å². The van der Waals surface area contributed by atoms with Crippen LogP contribution in [0.15, 0.2) is 79.0 Å². The average Bonchev–Trinajstić information content (AvgIpc) is 3.11. The number of nitrogens with one attached hydrogen (secondary N) is 1. The molecule has 1 aliphatic rings. The molecule has 8 heteroatoms. The zero-order valence-electron chi connectivity index (χ0n) is 17.0. The van der Waals surface area contributed by atoms with Gasteiger partial charge < -0.3 is 10.2 Å². The third kappa shape index (κ3) is 4.08. The molecule has 5 nitrogen and oxygen atoms in total. The third-order valence-electron chi connectivity index (χ3n) is 5.61. The second-order valence-corrected chi connectivity index (χ2v) is 7.59. The first-order valence-electron chi connectivity index (χ1n) is 10.0. The number of carbonyl (C=O) groups is 2. The number of hydrogen-bond acceptors (Lipinski definition) is 3. The maximum atomic E-state index is 13.6. The van der Waals surface area contributed by atoms with Gasteiger partial charge in [-0.15, -0.1) is 0 Å². The number of alkyl halides is 3. The van der Waals surface area contributed by atoms with E-state index in [9.17, 15) is 22.8 Å². The summed E-state index contributed by atoms with van der Waals surface area (Å²) in [6, 6.07) is 20.8. The van der Waals surface area contributed by atoms with Crippen LogP contribution in [0.4, 0.5) is 18.9 Å². The molecule has 0 unspecified atom stereocenters. The van der Waals surface area contributed by atoms with Crippen LogP contribution in [0.2, 0.25) is 0 Å². The molecule has 4 rings (SSSR count). The molecule has 1 saturated heterocycles. The summed E-state index contributed by atoms with van der Waals surface area (Å²) < 4.78 is 38.0. The molecule has 0 atom stereocenters. The smallest absolute Gasteiger partial charge is 0.332 e. The minimum atomic E-state index is -4.55. The van der Waals surface area contributed by atoms with Crippen molar-refractivity contribution in [1.82, 2.24) is 9.88 Å². The lowest BCUT2D eigenvalue weighted by Gasteiger charge is -2.29. The Kier molecular flexibility index (Phi) is 5.69. The predicted octanol–water partition coefficient (Wildman–Crippen LogP) is 4.26. The van der Waals surface area contributed by atoms with E-state index < -0.39 is 23.2 Å². The van der Waals surface area contributed by atoms with Crippen molar-refractivity contribution in [3.63, 3.8) is 0 Å². The van der Waals surface area contributed by atoms with Crippen LogP contribution < -0.4 is 5.32 Å². The number of halogens is 3. The Bertz CT molecular complexity index is 1060. The maximum Gasteiger partial charge on any atom is 0.433 e. The van der Waals surface area contributed by atoms with E-state index in [1.165, 1.54) is 4.90 Å². The zero-order chi connectivity index (χ0) is 22.8. The Labute approximate surface area is 182 Å². The van der Waals surface area contributed by atoms with Gasteiger partial charge in [0, 0.05) is 6.54 Å². The lowest BCUT2D eigenvalue weighted by atomic mass is 9.73. The van der Waals surface area contributed by atoms with Crippen molar-refractivity contribution in [1.29, 1.82) is 0 Å². The molecule has 1 fully saturated rings. The Morgan fingerprint density at radius 2 is 1.56 bits per heavy atom. The first-order chi connectivity index (χ1) is 15.3. The van der Waals surface area contributed by atoms with Crippen LogP contribution >= 0.6 is 0 Å². The lowest BCUT2D eigenvalue weighted by Crippen LogP contribution is -2.41. The highest BCUT2D eigenvalue weighted by atomic mass is 19.4. The molecule has 0 aliphatic carbocycles. The number of nitrogens with zero attached hydrogens (tertiary/aromatic N) is 2. The first-order valence-corrected chi connectivity index (χ1v) is 10.0. The minimum absolute atomic E-state index is 0.132. The van der Waals surface area contributed by atoms with Gasteiger partial charge in [0.25, 0.3) is 0 Å². The molecule has 0 spiro atoms. The quantitative estimate of drug-likeness (QED) is 0.646. The molecule has 1 aliphatic heterocycles. The second kappa shape index (κ2) is 8.45. The summed E-state index contributed by atoms with van der Waals surface area (Å²) in [6.07, 6.45) is -3.09. The molecule has 2 heterocycles. The largest absolute Gasteiger partial charge is 0.433 e. The SMILES string of the molecule is O=C(CN1CCC(c2ccccc2)(c2ccccc2)C1=O)Nc1ccc(C(F)(F)F)nc1. The number of amides is 2. The fourth-order valence-electron chi connectivity index (χ4n) is 4.09. The van der Waals surface area contributed by atoms with Crippen molar-refractivity contribution in [3.05, 3.63) is 95.8 Å². The van der Waals surface area contributed by atoms with Crippen LogP contribution in [0.25, 0.3) is 0 Å². The molecule has 0 bridgehead atoms. The fourth-order valence-corrected chi connectivity index (χ4v) is 4.09. The number of benzene rings is 2. The summed E-state index contributed by atoms with van der Waals surface area (Å²) >= 11 is 0. The van der Waals surface area contributed by atoms with Crippen LogP contribution in [-0.2, 0) is 21.2 Å². The molecule has 2 aromatic carbocycles. The monoisotopic (exact) mass is 439 g/mol. The van der Waals surface area contributed by atoms with Gasteiger partial charge >= 0.3 is 6.18 Å². The molecular weight excluding hydrogens is 419 g/mol. The summed E-state index contributed by atoms with van der Waals surface area (Å²) in [4.78, 5) is 30.9. The van der Waals surface area contributed by atoms with E-state index in [-0.39, 0.29) is 18.1 Å². The maximum absolute atomic E-state index is 13.6. The van der Waals surface area contributed by atoms with Crippen LogP contribution in [0.1, 0.15) is 23.2 Å². The molecular formula is C24H20F3N3O2. The van der Waals surface area contributed by atoms with Crippen LogP contribution in [0.5, 0.6) is 0 Å². The van der Waals surface area contributed by atoms with Gasteiger partial charge in [-0.25, -0.2) is 4.98 Å². The number of pyridine rings is 1. The van der Waals surface area contributed by atoms with E-state index in [4.69, 9.17) is 0 Å². The number of aromatic nitrogens is 1. The number of anilines is 1. The molecule has 32 heavy (non-hydrogen) atoms. The highest BCUT2D eigenvalue weighted by Crippen LogP contribution is 2.41. The summed E-state index contributed by atoms with van der Waals surface area (Å²) in [5.74, 6) is -0.688. The van der Waals surface area contributed by atoms with Crippen molar-refractivity contribution >= 4 is 17.5 Å². The van der Waals surface area contributed by atoms with Crippen molar-refractivity contribution in [2.75, 3.05) is 18.4 Å². The normalized spacial score (nSPS) is 15.6. The van der Waals surface area contributed by atoms with Crippen LogP contribution in [0, 0.1) is 0 Å². The van der Waals surface area contributed by atoms with Crippen molar-refractivity contribution in [2.24, 2.45) is 0 Å². The van der Waals surface area contributed by atoms with Gasteiger partial charge in [0.2, 0.25) is 11.8 Å². The van der Waals surface area contributed by atoms with E-state index in [2.05, 4.69) is 10.3 Å². The Balaban J connectivity index is 1.52. The summed E-state index contributed by atoms with van der Waals surface area (Å²) in [5.41, 5.74) is -0.0940. The molecule has 3 aromatic rings. The zero-order valence-corrected chi connectivity index (χ0v) is 17.0. The highest BCUT2D eigenvalue weighted by molar-refractivity contribution is 5.99. The number of rotatable bonds is 5. The number of likely N-dealkylation sites (tertiary alicyclic amines) is 1. The standard InChI is InChI=1S/C24H20F3N3O2/c25-24(26,27)20-12-11-19(15-28-20)29-21(31)16-30-14-13-23(22(30)32,17-7-3-1-4-8-17)18-9-5-2-6-10-18/h1-12,15H,13-14,16H2,(H,29,31). The van der Waals surface area contributed by atoms with Crippen molar-refractivity contribution < 1.29 is 22.8 Å². The van der Waals surface area contributed by atoms with Gasteiger partial charge in [-0.3, -0.25) is 9.59 Å². The number of hydrogen-bond donors (Lipinski definition) is 1. The van der Waals surface area contributed by atoms with Crippen LogP contribution in [-0.4, -0.2) is 34.8 Å². The fraction of sp³-hybridized carbons (Fsp3) is 0.208. The van der Waals surface area contributed by atoms with E-state index in [0.717, 1.165) is 29.5 Å². The van der Waals surface area contributed by atoms with Crippen molar-refractivity contribution in [2.45, 2.75) is 18.0 Å². The third-order valence-corrected chi connectivity index (χ3v) is 5.61. The highest BCUT2D eigenvalue weighted by Gasteiger charge is 2.49. The van der Waals surface area contributed by atoms with Crippen molar-refractivity contribution in [3.8, 4) is 0 Å². The minimum Gasteiger partial charge on any atom is -0.332 e. The Morgan fingerprint density at radius 3 is 2.06 bits per heavy atom. The van der Waals surface area contributed by atoms with Gasteiger partial charge in [-0.2, -0.15) is 13.2 Å². The molecule has 2 amide bonds. The Hall–Kier alpha value is -3.68. The van der Waals surface area contributed by atoms with Gasteiger partial charge in [0.05, 0.1) is 18.4 Å². The van der Waals surface area contributed by atoms with Gasteiger partial charge in [-0.1, -0.05) is 60.7 Å². The van der Waals surface area contributed by atoms with Crippen LogP contribution in [0.3, 0.4) is 0 Å². The number of carbonyl (C=O) groups excluding carboxylic acids is 2. The second-order valence-electron chi connectivity index (χ2n) is 7.59. The summed E-state index contributed by atoms with van der Waals surface area (Å²) in [5, 5.41) is 2.51. The molecule has 1 N–H and O–H groups in total. The lowest BCUT2D eigenvalue weighted by molar-refractivity contribution is -0.141. The topological polar surface area (TPSA) is 62.3 Å². The summed E-state index contributed by atoms with van der Waals surface area (Å²) in [6.45, 7) is 0.169.